The third-order valence-corrected chi connectivity index (χ3v) is 3.19. The third kappa shape index (κ3) is 3.16. The lowest BCUT2D eigenvalue weighted by atomic mass is 10.1. The number of aromatic amines is 1. The van der Waals surface area contributed by atoms with Gasteiger partial charge in [0.1, 0.15) is 22.6 Å². The molecule has 1 heterocycles. The molecule has 3 N–H and O–H groups in total. The fourth-order valence-corrected chi connectivity index (χ4v) is 2.39. The van der Waals surface area contributed by atoms with E-state index in [2.05, 4.69) is 23.8 Å². The number of H-pyrrole nitrogens is 1. The van der Waals surface area contributed by atoms with Gasteiger partial charge in [0.05, 0.1) is 18.8 Å². The van der Waals surface area contributed by atoms with Gasteiger partial charge in [-0.25, -0.2) is 4.98 Å². The Kier molecular flexibility index (Phi) is 4.90. The quantitative estimate of drug-likeness (QED) is 0.822. The average Bonchev–Trinajstić information content (AvgIpc) is 2.84. The van der Waals surface area contributed by atoms with Crippen molar-refractivity contribution in [1.82, 2.24) is 9.97 Å². The van der Waals surface area contributed by atoms with Crippen LogP contribution in [0.4, 0.5) is 0 Å². The van der Waals surface area contributed by atoms with Gasteiger partial charge in [0.25, 0.3) is 5.91 Å². The summed E-state index contributed by atoms with van der Waals surface area (Å²) >= 11 is 0. The summed E-state index contributed by atoms with van der Waals surface area (Å²) in [6.45, 7) is 8.89. The Hall–Kier alpha value is -2.24. The van der Waals surface area contributed by atoms with Crippen LogP contribution in [0.5, 0.6) is 11.5 Å². The first-order valence-electron chi connectivity index (χ1n) is 7.58. The van der Waals surface area contributed by atoms with Gasteiger partial charge >= 0.3 is 0 Å². The van der Waals surface area contributed by atoms with Gasteiger partial charge in [-0.3, -0.25) is 4.79 Å². The molecular formula is C16H23N3O3. The maximum atomic E-state index is 11.7. The number of nitrogens with zero attached hydrogens (tertiary/aromatic N) is 1. The third-order valence-electron chi connectivity index (χ3n) is 3.19. The minimum Gasteiger partial charge on any atom is -0.491 e. The number of hydrogen-bond acceptors (Lipinski definition) is 4. The van der Waals surface area contributed by atoms with E-state index in [1.807, 2.05) is 13.8 Å². The van der Waals surface area contributed by atoms with Gasteiger partial charge in [-0.1, -0.05) is 13.8 Å². The molecule has 0 spiro atoms. The highest BCUT2D eigenvalue weighted by Crippen LogP contribution is 2.35. The molecule has 0 aliphatic carbocycles. The van der Waals surface area contributed by atoms with Gasteiger partial charge in [0.15, 0.2) is 5.75 Å². The molecule has 0 atom stereocenters. The number of carbonyl (C=O) groups excluding carboxylic acids is 1. The molecule has 2 aromatic rings. The van der Waals surface area contributed by atoms with Crippen molar-refractivity contribution in [3.8, 4) is 11.5 Å². The summed E-state index contributed by atoms with van der Waals surface area (Å²) in [5.41, 5.74) is 7.12. The standard InChI is InChI=1S/C16H23N3O3/c1-5-21-11-8-10(16(17)20)15(22-6-2)14-13(11)18-12(19-14)7-9(3)4/h8-9H,5-7H2,1-4H3,(H2,17,20)(H,18,19). The molecule has 1 aromatic carbocycles. The van der Waals surface area contributed by atoms with E-state index in [0.717, 1.165) is 12.2 Å². The second-order valence-electron chi connectivity index (χ2n) is 5.49. The highest BCUT2D eigenvalue weighted by atomic mass is 16.5. The molecule has 6 heteroatoms. The second-order valence-corrected chi connectivity index (χ2v) is 5.49. The van der Waals surface area contributed by atoms with Gasteiger partial charge < -0.3 is 20.2 Å². The summed E-state index contributed by atoms with van der Waals surface area (Å²) in [6, 6.07) is 1.61. The molecule has 0 radical (unpaired) electrons. The van der Waals surface area contributed by atoms with Crippen molar-refractivity contribution in [2.24, 2.45) is 11.7 Å². The lowest BCUT2D eigenvalue weighted by Crippen LogP contribution is -2.14. The molecule has 0 aliphatic heterocycles. The number of primary amides is 1. The number of fused-ring (bicyclic) bond motifs is 1. The predicted octanol–water partition coefficient (Wildman–Crippen LogP) is 2.66. The molecule has 2 rings (SSSR count). The highest BCUT2D eigenvalue weighted by molar-refractivity contribution is 6.03. The number of nitrogens with two attached hydrogens (primary N) is 1. The van der Waals surface area contributed by atoms with Crippen LogP contribution < -0.4 is 15.2 Å². The number of aromatic nitrogens is 2. The second kappa shape index (κ2) is 6.68. The van der Waals surface area contributed by atoms with Crippen LogP contribution in [0, 0.1) is 5.92 Å². The minimum atomic E-state index is -0.550. The Balaban J connectivity index is 2.69. The summed E-state index contributed by atoms with van der Waals surface area (Å²) in [4.78, 5) is 19.6. The Morgan fingerprint density at radius 3 is 2.55 bits per heavy atom. The van der Waals surface area contributed by atoms with Crippen molar-refractivity contribution in [3.63, 3.8) is 0 Å². The van der Waals surface area contributed by atoms with Gasteiger partial charge in [0.2, 0.25) is 0 Å². The first kappa shape index (κ1) is 16.1. The normalized spacial score (nSPS) is 11.1. The lowest BCUT2D eigenvalue weighted by molar-refractivity contribution is 0.0996. The Morgan fingerprint density at radius 2 is 2.00 bits per heavy atom. The van der Waals surface area contributed by atoms with E-state index in [1.54, 1.807) is 6.07 Å². The summed E-state index contributed by atoms with van der Waals surface area (Å²) < 4.78 is 11.3. The van der Waals surface area contributed by atoms with E-state index in [4.69, 9.17) is 15.2 Å². The maximum absolute atomic E-state index is 11.7. The zero-order valence-electron chi connectivity index (χ0n) is 13.5. The van der Waals surface area contributed by atoms with Crippen molar-refractivity contribution in [1.29, 1.82) is 0 Å². The molecule has 0 unspecified atom stereocenters. The van der Waals surface area contributed by atoms with Crippen LogP contribution in [-0.2, 0) is 6.42 Å². The molecule has 0 aliphatic rings. The Labute approximate surface area is 130 Å². The van der Waals surface area contributed by atoms with E-state index < -0.39 is 5.91 Å². The van der Waals surface area contributed by atoms with E-state index in [-0.39, 0.29) is 0 Å². The fourth-order valence-electron chi connectivity index (χ4n) is 2.39. The van der Waals surface area contributed by atoms with Gasteiger partial charge in [-0.15, -0.1) is 0 Å². The summed E-state index contributed by atoms with van der Waals surface area (Å²) in [6.07, 6.45) is 0.803. The van der Waals surface area contributed by atoms with Crippen LogP contribution in [0.1, 0.15) is 43.9 Å². The number of hydrogen-bond donors (Lipinski definition) is 2. The molecule has 0 fully saturated rings. The SMILES string of the molecule is CCOc1cc(C(N)=O)c(OCC)c2[nH]c(CC(C)C)nc12. The van der Waals surface area contributed by atoms with Crippen LogP contribution in [0.15, 0.2) is 6.07 Å². The molecule has 1 aromatic heterocycles. The number of nitrogens with one attached hydrogen (secondary N) is 1. The van der Waals surface area contributed by atoms with Gasteiger partial charge in [-0.2, -0.15) is 0 Å². The molecule has 120 valence electrons. The zero-order valence-corrected chi connectivity index (χ0v) is 13.5. The van der Waals surface area contributed by atoms with Crippen LogP contribution >= 0.6 is 0 Å². The van der Waals surface area contributed by atoms with Crippen LogP contribution in [0.3, 0.4) is 0 Å². The largest absolute Gasteiger partial charge is 0.491 e. The van der Waals surface area contributed by atoms with E-state index in [0.29, 0.717) is 47.2 Å². The van der Waals surface area contributed by atoms with Gasteiger partial charge in [-0.05, 0) is 25.8 Å². The summed E-state index contributed by atoms with van der Waals surface area (Å²) in [5.74, 6) is 1.74. The monoisotopic (exact) mass is 305 g/mol. The molecule has 0 saturated heterocycles. The molecule has 6 nitrogen and oxygen atoms in total. The molecule has 0 bridgehead atoms. The van der Waals surface area contributed by atoms with Gasteiger partial charge in [0, 0.05) is 6.42 Å². The van der Waals surface area contributed by atoms with Crippen LogP contribution in [0.25, 0.3) is 11.0 Å². The highest BCUT2D eigenvalue weighted by Gasteiger charge is 2.21. The first-order valence-corrected chi connectivity index (χ1v) is 7.58. The smallest absolute Gasteiger partial charge is 0.252 e. The van der Waals surface area contributed by atoms with Crippen molar-refractivity contribution in [2.75, 3.05) is 13.2 Å². The molecule has 0 saturated carbocycles. The van der Waals surface area contributed by atoms with Crippen LogP contribution in [0.2, 0.25) is 0 Å². The maximum Gasteiger partial charge on any atom is 0.252 e. The van der Waals surface area contributed by atoms with Crippen LogP contribution in [-0.4, -0.2) is 29.1 Å². The number of rotatable bonds is 7. The number of imidazole rings is 1. The van der Waals surface area contributed by atoms with Crippen molar-refractivity contribution in [3.05, 3.63) is 17.5 Å². The lowest BCUT2D eigenvalue weighted by Gasteiger charge is -2.12. The molecule has 22 heavy (non-hydrogen) atoms. The number of carbonyl (C=O) groups is 1. The van der Waals surface area contributed by atoms with E-state index in [9.17, 15) is 4.79 Å². The Bertz CT molecular complexity index is 677. The first-order chi connectivity index (χ1) is 10.5. The van der Waals surface area contributed by atoms with Crippen molar-refractivity contribution < 1.29 is 14.3 Å². The topological polar surface area (TPSA) is 90.2 Å². The Morgan fingerprint density at radius 1 is 1.32 bits per heavy atom. The molecular weight excluding hydrogens is 282 g/mol. The fraction of sp³-hybridized carbons (Fsp3) is 0.500. The average molecular weight is 305 g/mol. The summed E-state index contributed by atoms with van der Waals surface area (Å²) in [7, 11) is 0. The zero-order chi connectivity index (χ0) is 16.3. The number of ether oxygens (including phenoxy) is 2. The van der Waals surface area contributed by atoms with Crippen molar-refractivity contribution in [2.45, 2.75) is 34.1 Å². The van der Waals surface area contributed by atoms with E-state index >= 15 is 0 Å². The number of amides is 1. The van der Waals surface area contributed by atoms with Crippen molar-refractivity contribution >= 4 is 16.9 Å². The van der Waals surface area contributed by atoms with E-state index in [1.165, 1.54) is 0 Å². The summed E-state index contributed by atoms with van der Waals surface area (Å²) in [5, 5.41) is 0. The minimum absolute atomic E-state index is 0.303. The number of benzene rings is 1. The predicted molar refractivity (Wildman–Crippen MR) is 85.5 cm³/mol. The molecule has 1 amide bonds.